The molecule has 5 rings (SSSR count). The van der Waals surface area contributed by atoms with Crippen LogP contribution in [0.4, 0.5) is 10.6 Å². The number of carbonyl (C=O) groups is 1. The van der Waals surface area contributed by atoms with Crippen LogP contribution < -0.4 is 10.6 Å². The number of fused-ring (bicyclic) bond motifs is 2. The highest BCUT2D eigenvalue weighted by atomic mass is 16.8. The van der Waals surface area contributed by atoms with Crippen molar-refractivity contribution in [1.29, 1.82) is 0 Å². The molecule has 2 N–H and O–H groups in total. The van der Waals surface area contributed by atoms with Gasteiger partial charge in [0.15, 0.2) is 40.7 Å². The SMILES string of the molecule is CNC(=O)O/C=C1/OC(n2cnc3c(N[C@@H]4CCOC4)ncnc32)[C@@H]2OC(C)(C)O[C@H]12. The first-order chi connectivity index (χ1) is 14.9. The monoisotopic (exact) mass is 432 g/mol. The van der Waals surface area contributed by atoms with E-state index in [0.717, 1.165) is 13.0 Å². The lowest BCUT2D eigenvalue weighted by molar-refractivity contribution is -0.174. The minimum atomic E-state index is -0.829. The van der Waals surface area contributed by atoms with Gasteiger partial charge in [0, 0.05) is 13.7 Å². The Kier molecular flexibility index (Phi) is 4.91. The second-order valence-corrected chi connectivity index (χ2v) is 7.96. The summed E-state index contributed by atoms with van der Waals surface area (Å²) in [5, 5.41) is 5.75. The summed E-state index contributed by atoms with van der Waals surface area (Å²) in [5.41, 5.74) is 1.20. The van der Waals surface area contributed by atoms with Crippen molar-refractivity contribution >= 4 is 23.1 Å². The van der Waals surface area contributed by atoms with Gasteiger partial charge in [-0.25, -0.2) is 19.7 Å². The second kappa shape index (κ2) is 7.62. The fourth-order valence-electron chi connectivity index (χ4n) is 3.96. The molecular weight excluding hydrogens is 408 g/mol. The third-order valence-electron chi connectivity index (χ3n) is 5.34. The molecule has 3 saturated heterocycles. The average Bonchev–Trinajstić information content (AvgIpc) is 3.51. The normalized spacial score (nSPS) is 30.4. The van der Waals surface area contributed by atoms with Gasteiger partial charge in [-0.1, -0.05) is 0 Å². The van der Waals surface area contributed by atoms with E-state index in [4.69, 9.17) is 23.7 Å². The molecule has 31 heavy (non-hydrogen) atoms. The topological polar surface area (TPSA) is 131 Å². The minimum absolute atomic E-state index is 0.180. The molecule has 0 aliphatic carbocycles. The molecule has 166 valence electrons. The number of alkyl carbamates (subject to hydrolysis) is 1. The Morgan fingerprint density at radius 3 is 2.97 bits per heavy atom. The highest BCUT2D eigenvalue weighted by Gasteiger charge is 2.55. The predicted octanol–water partition coefficient (Wildman–Crippen LogP) is 1.27. The van der Waals surface area contributed by atoms with Crippen LogP contribution in [0.25, 0.3) is 11.2 Å². The molecule has 1 unspecified atom stereocenters. The van der Waals surface area contributed by atoms with Crippen LogP contribution in [0.3, 0.4) is 0 Å². The zero-order valence-electron chi connectivity index (χ0n) is 17.4. The number of rotatable bonds is 4. The third kappa shape index (κ3) is 3.66. The van der Waals surface area contributed by atoms with E-state index in [1.165, 1.54) is 19.6 Å². The number of anilines is 1. The van der Waals surface area contributed by atoms with Crippen molar-refractivity contribution in [3.63, 3.8) is 0 Å². The molecule has 0 spiro atoms. The van der Waals surface area contributed by atoms with Crippen LogP contribution in [0.2, 0.25) is 0 Å². The summed E-state index contributed by atoms with van der Waals surface area (Å²) in [5.74, 6) is 0.155. The zero-order valence-corrected chi connectivity index (χ0v) is 17.4. The first-order valence-corrected chi connectivity index (χ1v) is 10.1. The van der Waals surface area contributed by atoms with Crippen LogP contribution in [0, 0.1) is 0 Å². The standard InChI is InChI=1S/C19H24N6O6/c1-19(2)30-13-11(7-28-18(26)20-3)29-17(14(13)31-19)25-9-23-12-15(21-8-22-16(12)25)24-10-4-5-27-6-10/h7-10,13-14,17H,4-6H2,1-3H3,(H,20,26)(H,21,22,24)/b11-7+/t10-,13-,14-,17?/m1/s1. The first-order valence-electron chi connectivity index (χ1n) is 10.1. The van der Waals surface area contributed by atoms with E-state index < -0.39 is 30.3 Å². The highest BCUT2D eigenvalue weighted by molar-refractivity contribution is 5.82. The molecule has 2 aromatic heterocycles. The number of ether oxygens (including phenoxy) is 5. The van der Waals surface area contributed by atoms with Crippen molar-refractivity contribution < 1.29 is 28.5 Å². The lowest BCUT2D eigenvalue weighted by Gasteiger charge is -2.23. The molecule has 3 aliphatic rings. The van der Waals surface area contributed by atoms with Gasteiger partial charge in [-0.15, -0.1) is 0 Å². The van der Waals surface area contributed by atoms with Crippen LogP contribution in [-0.4, -0.2) is 69.9 Å². The summed E-state index contributed by atoms with van der Waals surface area (Å²) in [4.78, 5) is 24.8. The molecule has 3 aliphatic heterocycles. The van der Waals surface area contributed by atoms with Crippen LogP contribution in [0.15, 0.2) is 24.7 Å². The van der Waals surface area contributed by atoms with Gasteiger partial charge in [0.25, 0.3) is 0 Å². The Hall–Kier alpha value is -2.96. The van der Waals surface area contributed by atoms with E-state index in [0.29, 0.717) is 29.3 Å². The van der Waals surface area contributed by atoms with Crippen LogP contribution in [-0.2, 0) is 23.7 Å². The average molecular weight is 432 g/mol. The molecular formula is C19H24N6O6. The molecule has 1 amide bonds. The number of carbonyl (C=O) groups excluding carboxylic acids is 1. The predicted molar refractivity (Wildman–Crippen MR) is 106 cm³/mol. The number of imidazole rings is 1. The summed E-state index contributed by atoms with van der Waals surface area (Å²) in [7, 11) is 1.47. The summed E-state index contributed by atoms with van der Waals surface area (Å²) in [6, 6.07) is 0.180. The van der Waals surface area contributed by atoms with Crippen molar-refractivity contribution in [3.8, 4) is 0 Å². The summed E-state index contributed by atoms with van der Waals surface area (Å²) in [6.07, 6.45) is 3.00. The van der Waals surface area contributed by atoms with Crippen molar-refractivity contribution in [3.05, 3.63) is 24.7 Å². The molecule has 0 radical (unpaired) electrons. The van der Waals surface area contributed by atoms with Gasteiger partial charge >= 0.3 is 6.09 Å². The van der Waals surface area contributed by atoms with Gasteiger partial charge in [0.05, 0.1) is 12.6 Å². The van der Waals surface area contributed by atoms with E-state index in [2.05, 4.69) is 25.6 Å². The Bertz CT molecular complexity index is 1020. The van der Waals surface area contributed by atoms with Gasteiger partial charge < -0.3 is 34.3 Å². The maximum Gasteiger partial charge on any atom is 0.411 e. The van der Waals surface area contributed by atoms with Crippen molar-refractivity contribution in [2.45, 2.75) is 50.5 Å². The number of nitrogens with one attached hydrogen (secondary N) is 2. The highest BCUT2D eigenvalue weighted by Crippen LogP contribution is 2.45. The van der Waals surface area contributed by atoms with Crippen LogP contribution in [0.1, 0.15) is 26.5 Å². The van der Waals surface area contributed by atoms with Crippen LogP contribution in [0.5, 0.6) is 0 Å². The second-order valence-electron chi connectivity index (χ2n) is 7.96. The van der Waals surface area contributed by atoms with Gasteiger partial charge in [0.2, 0.25) is 6.23 Å². The maximum atomic E-state index is 11.5. The molecule has 3 fully saturated rings. The first kappa shape index (κ1) is 20.0. The Morgan fingerprint density at radius 2 is 2.19 bits per heavy atom. The molecule has 2 aromatic rings. The Labute approximate surface area is 177 Å². The molecule has 0 saturated carbocycles. The summed E-state index contributed by atoms with van der Waals surface area (Å²) < 4.78 is 30.4. The quantitative estimate of drug-likeness (QED) is 0.681. The summed E-state index contributed by atoms with van der Waals surface area (Å²) >= 11 is 0. The van der Waals surface area contributed by atoms with E-state index in [1.54, 1.807) is 10.9 Å². The van der Waals surface area contributed by atoms with Gasteiger partial charge in [-0.2, -0.15) is 0 Å². The Balaban J connectivity index is 1.46. The molecule has 0 bridgehead atoms. The number of nitrogens with zero attached hydrogens (tertiary/aromatic N) is 4. The van der Waals surface area contributed by atoms with Gasteiger partial charge in [-0.3, -0.25) is 4.57 Å². The number of aromatic nitrogens is 4. The number of hydrogen-bond donors (Lipinski definition) is 2. The smallest absolute Gasteiger partial charge is 0.411 e. The van der Waals surface area contributed by atoms with Crippen molar-refractivity contribution in [2.24, 2.45) is 0 Å². The van der Waals surface area contributed by atoms with E-state index >= 15 is 0 Å². The fourth-order valence-corrected chi connectivity index (χ4v) is 3.96. The largest absolute Gasteiger partial charge is 0.465 e. The van der Waals surface area contributed by atoms with E-state index in [-0.39, 0.29) is 6.04 Å². The number of amides is 1. The third-order valence-corrected chi connectivity index (χ3v) is 5.34. The zero-order chi connectivity index (χ0) is 21.6. The van der Waals surface area contributed by atoms with E-state index in [1.807, 2.05) is 13.8 Å². The molecule has 12 nitrogen and oxygen atoms in total. The van der Waals surface area contributed by atoms with Gasteiger partial charge in [0.1, 0.15) is 18.9 Å². The van der Waals surface area contributed by atoms with Crippen molar-refractivity contribution in [1.82, 2.24) is 24.8 Å². The number of hydrogen-bond acceptors (Lipinski definition) is 10. The molecule has 5 heterocycles. The lowest BCUT2D eigenvalue weighted by Crippen LogP contribution is -2.27. The molecule has 4 atom stereocenters. The van der Waals surface area contributed by atoms with Gasteiger partial charge in [-0.05, 0) is 20.3 Å². The maximum absolute atomic E-state index is 11.5. The van der Waals surface area contributed by atoms with Crippen molar-refractivity contribution in [2.75, 3.05) is 25.6 Å². The molecule has 12 heteroatoms. The van der Waals surface area contributed by atoms with E-state index in [9.17, 15) is 4.79 Å². The Morgan fingerprint density at radius 1 is 1.32 bits per heavy atom. The lowest BCUT2D eigenvalue weighted by atomic mass is 10.2. The van der Waals surface area contributed by atoms with Crippen LogP contribution >= 0.6 is 0 Å². The summed E-state index contributed by atoms with van der Waals surface area (Å²) in [6.45, 7) is 4.99. The molecule has 0 aromatic carbocycles. The fraction of sp³-hybridized carbons (Fsp3) is 0.579. The minimum Gasteiger partial charge on any atom is -0.465 e.